The van der Waals surface area contributed by atoms with Gasteiger partial charge in [-0.1, -0.05) is 0 Å². The van der Waals surface area contributed by atoms with Crippen LogP contribution in [0.1, 0.15) is 23.1 Å². The molecule has 0 saturated heterocycles. The summed E-state index contributed by atoms with van der Waals surface area (Å²) in [7, 11) is 0. The van der Waals surface area contributed by atoms with Gasteiger partial charge in [0.25, 0.3) is 0 Å². The standard InChI is InChI=1S/C10H10BrN3O3/c1-3-17-10(16)6-4-7-9(15)12-5(2)8(11)14(7)13-6/h4H,3H2,1-2H3,(H,12,15). The molecule has 0 fully saturated rings. The molecule has 0 saturated carbocycles. The van der Waals surface area contributed by atoms with Crippen molar-refractivity contribution >= 4 is 27.4 Å². The highest BCUT2D eigenvalue weighted by molar-refractivity contribution is 9.10. The Labute approximate surface area is 105 Å². The van der Waals surface area contributed by atoms with E-state index in [9.17, 15) is 9.90 Å². The molecule has 6 nitrogen and oxygen atoms in total. The van der Waals surface area contributed by atoms with Crippen molar-refractivity contribution in [1.29, 1.82) is 0 Å². The van der Waals surface area contributed by atoms with Crippen molar-refractivity contribution in [3.05, 3.63) is 22.1 Å². The molecule has 0 radical (unpaired) electrons. The molecular formula is C10H10BrN3O3. The topological polar surface area (TPSA) is 76.7 Å². The fourth-order valence-corrected chi connectivity index (χ4v) is 1.77. The number of carbonyl (C=O) groups excluding carboxylic acids is 1. The molecule has 0 aromatic carbocycles. The van der Waals surface area contributed by atoms with Gasteiger partial charge in [-0.05, 0) is 29.8 Å². The highest BCUT2D eigenvalue weighted by atomic mass is 79.9. The van der Waals surface area contributed by atoms with Gasteiger partial charge in [-0.15, -0.1) is 0 Å². The Bertz CT molecular complexity index is 594. The molecule has 17 heavy (non-hydrogen) atoms. The monoisotopic (exact) mass is 299 g/mol. The Kier molecular flexibility index (Phi) is 3.01. The summed E-state index contributed by atoms with van der Waals surface area (Å²) in [6.45, 7) is 3.71. The Balaban J connectivity index is 2.61. The second kappa shape index (κ2) is 4.33. The normalized spacial score (nSPS) is 10.8. The number of hydrogen-bond donors (Lipinski definition) is 1. The molecule has 90 valence electrons. The lowest BCUT2D eigenvalue weighted by atomic mass is 10.4. The summed E-state index contributed by atoms with van der Waals surface area (Å²) in [5.41, 5.74) is 1.06. The number of aromatic nitrogens is 3. The molecule has 7 heteroatoms. The van der Waals surface area contributed by atoms with E-state index in [-0.39, 0.29) is 18.2 Å². The molecule has 2 aromatic rings. The lowest BCUT2D eigenvalue weighted by Gasteiger charge is -2.01. The van der Waals surface area contributed by atoms with Gasteiger partial charge in [-0.25, -0.2) is 14.3 Å². The van der Waals surface area contributed by atoms with Gasteiger partial charge in [-0.2, -0.15) is 5.10 Å². The van der Waals surface area contributed by atoms with Crippen LogP contribution in [0.4, 0.5) is 0 Å². The molecule has 1 N–H and O–H groups in total. The number of fused-ring (bicyclic) bond motifs is 1. The summed E-state index contributed by atoms with van der Waals surface area (Å²) in [6.07, 6.45) is 0. The summed E-state index contributed by atoms with van der Waals surface area (Å²) in [4.78, 5) is 15.4. The fourth-order valence-electron chi connectivity index (χ4n) is 1.41. The first-order valence-electron chi connectivity index (χ1n) is 4.96. The highest BCUT2D eigenvalue weighted by Gasteiger charge is 2.17. The molecule has 0 aliphatic heterocycles. The molecule has 0 aliphatic rings. The summed E-state index contributed by atoms with van der Waals surface area (Å²) in [5, 5.41) is 13.7. The second-order valence-electron chi connectivity index (χ2n) is 3.36. The molecule has 0 bridgehead atoms. The van der Waals surface area contributed by atoms with Gasteiger partial charge in [0.2, 0.25) is 5.88 Å². The van der Waals surface area contributed by atoms with Crippen LogP contribution in [0.25, 0.3) is 5.52 Å². The second-order valence-corrected chi connectivity index (χ2v) is 4.11. The average Bonchev–Trinajstić information content (AvgIpc) is 2.72. The smallest absolute Gasteiger partial charge is 0.358 e. The first kappa shape index (κ1) is 11.8. The number of carbonyl (C=O) groups is 1. The summed E-state index contributed by atoms with van der Waals surface area (Å²) in [5.74, 6) is -0.700. The minimum atomic E-state index is -0.528. The Morgan fingerprint density at radius 1 is 1.65 bits per heavy atom. The third-order valence-electron chi connectivity index (χ3n) is 2.18. The van der Waals surface area contributed by atoms with Gasteiger partial charge in [0.1, 0.15) is 10.1 Å². The molecule has 2 rings (SSSR count). The van der Waals surface area contributed by atoms with Gasteiger partial charge in [0.05, 0.1) is 12.3 Å². The third kappa shape index (κ3) is 1.97. The van der Waals surface area contributed by atoms with Gasteiger partial charge in [0, 0.05) is 6.07 Å². The van der Waals surface area contributed by atoms with Crippen LogP contribution in [-0.4, -0.2) is 32.3 Å². The number of hydrogen-bond acceptors (Lipinski definition) is 5. The van der Waals surface area contributed by atoms with Gasteiger partial charge < -0.3 is 9.84 Å². The van der Waals surface area contributed by atoms with Crippen LogP contribution >= 0.6 is 15.9 Å². The predicted molar refractivity (Wildman–Crippen MR) is 63.0 cm³/mol. The van der Waals surface area contributed by atoms with Gasteiger partial charge in [-0.3, -0.25) is 0 Å². The number of halogens is 1. The molecular weight excluding hydrogens is 290 g/mol. The maximum atomic E-state index is 11.5. The molecule has 0 spiro atoms. The number of nitrogens with zero attached hydrogens (tertiary/aromatic N) is 3. The minimum Gasteiger partial charge on any atom is -0.492 e. The quantitative estimate of drug-likeness (QED) is 0.854. The minimum absolute atomic E-state index is 0.134. The number of esters is 1. The third-order valence-corrected chi connectivity index (χ3v) is 3.09. The molecule has 2 aromatic heterocycles. The van der Waals surface area contributed by atoms with Gasteiger partial charge in [0.15, 0.2) is 5.69 Å². The van der Waals surface area contributed by atoms with Crippen LogP contribution in [0.2, 0.25) is 0 Å². The zero-order valence-electron chi connectivity index (χ0n) is 9.27. The van der Waals surface area contributed by atoms with E-state index in [0.29, 0.717) is 15.8 Å². The molecule has 0 unspecified atom stereocenters. The van der Waals surface area contributed by atoms with E-state index < -0.39 is 5.97 Å². The zero-order valence-corrected chi connectivity index (χ0v) is 10.9. The van der Waals surface area contributed by atoms with Crippen molar-refractivity contribution in [2.75, 3.05) is 6.61 Å². The van der Waals surface area contributed by atoms with Gasteiger partial charge >= 0.3 is 5.97 Å². The van der Waals surface area contributed by atoms with E-state index in [0.717, 1.165) is 0 Å². The number of rotatable bonds is 2. The van der Waals surface area contributed by atoms with Crippen LogP contribution in [0.15, 0.2) is 10.7 Å². The lowest BCUT2D eigenvalue weighted by molar-refractivity contribution is 0.0519. The average molecular weight is 300 g/mol. The Morgan fingerprint density at radius 2 is 2.35 bits per heavy atom. The van der Waals surface area contributed by atoms with E-state index in [1.807, 2.05) is 0 Å². The molecule has 0 amide bonds. The van der Waals surface area contributed by atoms with E-state index in [1.54, 1.807) is 13.8 Å². The predicted octanol–water partition coefficient (Wildman–Crippen LogP) is 1.68. The zero-order chi connectivity index (χ0) is 12.6. The van der Waals surface area contributed by atoms with Crippen molar-refractivity contribution in [3.8, 4) is 5.88 Å². The van der Waals surface area contributed by atoms with Crippen molar-refractivity contribution in [2.24, 2.45) is 0 Å². The Morgan fingerprint density at radius 3 is 3.00 bits per heavy atom. The fraction of sp³-hybridized carbons (Fsp3) is 0.300. The van der Waals surface area contributed by atoms with Crippen molar-refractivity contribution in [2.45, 2.75) is 13.8 Å². The van der Waals surface area contributed by atoms with Crippen LogP contribution in [0.3, 0.4) is 0 Å². The SMILES string of the molecule is CCOC(=O)c1cc2c(O)nc(C)c(Br)n2n1. The number of ether oxygens (including phenoxy) is 1. The van der Waals surface area contributed by atoms with E-state index in [4.69, 9.17) is 4.74 Å². The van der Waals surface area contributed by atoms with Crippen LogP contribution in [-0.2, 0) is 4.74 Å². The first-order chi connectivity index (χ1) is 8.04. The van der Waals surface area contributed by atoms with Crippen LogP contribution in [0, 0.1) is 6.92 Å². The van der Waals surface area contributed by atoms with Crippen LogP contribution < -0.4 is 0 Å². The van der Waals surface area contributed by atoms with Crippen molar-refractivity contribution in [3.63, 3.8) is 0 Å². The molecule has 2 heterocycles. The highest BCUT2D eigenvalue weighted by Crippen LogP contribution is 2.24. The summed E-state index contributed by atoms with van der Waals surface area (Å²) < 4.78 is 6.83. The lowest BCUT2D eigenvalue weighted by Crippen LogP contribution is -2.05. The Hall–Kier alpha value is -1.63. The van der Waals surface area contributed by atoms with Crippen molar-refractivity contribution in [1.82, 2.24) is 14.6 Å². The van der Waals surface area contributed by atoms with Crippen molar-refractivity contribution < 1.29 is 14.6 Å². The number of aromatic hydroxyl groups is 1. The van der Waals surface area contributed by atoms with E-state index in [2.05, 4.69) is 26.0 Å². The maximum absolute atomic E-state index is 11.5. The summed E-state index contributed by atoms with van der Waals surface area (Å²) >= 11 is 3.29. The summed E-state index contributed by atoms with van der Waals surface area (Å²) in [6, 6.07) is 1.44. The van der Waals surface area contributed by atoms with E-state index in [1.165, 1.54) is 10.6 Å². The number of aryl methyl sites for hydroxylation is 1. The maximum Gasteiger partial charge on any atom is 0.358 e. The molecule has 0 atom stereocenters. The van der Waals surface area contributed by atoms with Crippen LogP contribution in [0.5, 0.6) is 5.88 Å². The largest absolute Gasteiger partial charge is 0.492 e. The first-order valence-corrected chi connectivity index (χ1v) is 5.76. The van der Waals surface area contributed by atoms with E-state index >= 15 is 0 Å². The molecule has 0 aliphatic carbocycles.